The summed E-state index contributed by atoms with van der Waals surface area (Å²) >= 11 is 0. The van der Waals surface area contributed by atoms with Crippen LogP contribution in [0.2, 0.25) is 45.3 Å². The molecule has 1 unspecified atom stereocenters. The van der Waals surface area contributed by atoms with Crippen molar-refractivity contribution in [1.29, 1.82) is 0 Å². The number of ether oxygens (including phenoxy) is 1. The second-order valence-corrected chi connectivity index (χ2v) is 18.6. The maximum absolute atomic E-state index is 10.7. The molecule has 1 atom stereocenters. The fourth-order valence-electron chi connectivity index (χ4n) is 1.71. The van der Waals surface area contributed by atoms with E-state index in [1.165, 1.54) is 13.8 Å². The van der Waals surface area contributed by atoms with Crippen molar-refractivity contribution in [2.75, 3.05) is 13.2 Å². The van der Waals surface area contributed by atoms with E-state index in [2.05, 4.69) is 6.58 Å². The molecule has 0 radical (unpaired) electrons. The maximum atomic E-state index is 10.7. The largest absolute Gasteiger partial charge is 0.478 e. The zero-order valence-corrected chi connectivity index (χ0v) is 22.5. The van der Waals surface area contributed by atoms with Gasteiger partial charge in [-0.25, -0.2) is 4.79 Å². The van der Waals surface area contributed by atoms with E-state index < -0.39 is 40.8 Å². The van der Waals surface area contributed by atoms with Crippen LogP contribution < -0.4 is 0 Å². The Kier molecular flexibility index (Phi) is 12.4. The van der Waals surface area contributed by atoms with Gasteiger partial charge in [-0.05, 0) is 59.6 Å². The van der Waals surface area contributed by atoms with E-state index in [-0.39, 0.29) is 5.57 Å². The first-order chi connectivity index (χ1) is 11.9. The first-order valence-electron chi connectivity index (χ1n) is 9.19. The molecule has 0 bridgehead atoms. The molecular formula is C17H40O7Si3. The van der Waals surface area contributed by atoms with Crippen molar-refractivity contribution in [3.05, 3.63) is 12.2 Å². The maximum Gasteiger partial charge on any atom is 0.330 e. The molecule has 0 aromatic carbocycles. The molecule has 0 spiro atoms. The molecule has 0 aromatic rings. The lowest BCUT2D eigenvalue weighted by atomic mass is 10.1. The predicted octanol–water partition coefficient (Wildman–Crippen LogP) is 1.92. The molecule has 0 aromatic heterocycles. The summed E-state index contributed by atoms with van der Waals surface area (Å²) in [6, 6.07) is 1.11. The van der Waals surface area contributed by atoms with Crippen molar-refractivity contribution in [1.82, 2.24) is 0 Å². The molecule has 0 saturated heterocycles. The predicted molar refractivity (Wildman–Crippen MR) is 117 cm³/mol. The SMILES string of the molecule is C=C(C)C(=O)O.CC(O)(CO)C(OCCC[SiH3])(O[Si](C)(C)C)O[Si](C)(C)C. The molecule has 0 amide bonds. The molecule has 0 rings (SSSR count). The Morgan fingerprint density at radius 1 is 1.11 bits per heavy atom. The highest BCUT2D eigenvalue weighted by Gasteiger charge is 2.55. The van der Waals surface area contributed by atoms with Crippen molar-refractivity contribution in [2.24, 2.45) is 0 Å². The molecule has 162 valence electrons. The monoisotopic (exact) mass is 440 g/mol. The zero-order valence-electron chi connectivity index (χ0n) is 18.5. The van der Waals surface area contributed by atoms with E-state index in [1.54, 1.807) is 0 Å². The Balaban J connectivity index is 0. The van der Waals surface area contributed by atoms with Gasteiger partial charge in [0.1, 0.15) is 0 Å². The summed E-state index contributed by atoms with van der Waals surface area (Å²) in [5, 5.41) is 28.2. The number of aliphatic hydroxyl groups excluding tert-OH is 1. The molecule has 0 heterocycles. The van der Waals surface area contributed by atoms with Crippen molar-refractivity contribution in [3.63, 3.8) is 0 Å². The second kappa shape index (κ2) is 11.6. The molecule has 0 saturated carbocycles. The number of hydrogen-bond donors (Lipinski definition) is 3. The Morgan fingerprint density at radius 2 is 1.48 bits per heavy atom. The average molecular weight is 441 g/mol. The third-order valence-corrected chi connectivity index (χ3v) is 5.47. The minimum Gasteiger partial charge on any atom is -0.478 e. The van der Waals surface area contributed by atoms with Crippen LogP contribution in [0.15, 0.2) is 12.2 Å². The summed E-state index contributed by atoms with van der Waals surface area (Å²) in [6.45, 7) is 18.2. The van der Waals surface area contributed by atoms with Gasteiger partial charge < -0.3 is 28.9 Å². The molecule has 27 heavy (non-hydrogen) atoms. The van der Waals surface area contributed by atoms with Crippen LogP contribution in [-0.4, -0.2) is 73.0 Å². The smallest absolute Gasteiger partial charge is 0.330 e. The second-order valence-electron chi connectivity index (χ2n) is 8.70. The van der Waals surface area contributed by atoms with Gasteiger partial charge in [0.05, 0.1) is 13.2 Å². The first kappa shape index (κ1) is 28.9. The summed E-state index contributed by atoms with van der Waals surface area (Å²) in [5.74, 6) is -2.53. The lowest BCUT2D eigenvalue weighted by Crippen LogP contribution is -2.65. The number of carboxylic acids is 1. The molecule has 0 aliphatic carbocycles. The highest BCUT2D eigenvalue weighted by atomic mass is 28.4. The van der Waals surface area contributed by atoms with Gasteiger partial charge in [0.15, 0.2) is 22.2 Å². The van der Waals surface area contributed by atoms with Crippen molar-refractivity contribution >= 4 is 32.8 Å². The van der Waals surface area contributed by atoms with Gasteiger partial charge in [0, 0.05) is 15.8 Å². The van der Waals surface area contributed by atoms with Crippen LogP contribution >= 0.6 is 0 Å². The van der Waals surface area contributed by atoms with Crippen LogP contribution in [0.25, 0.3) is 0 Å². The Labute approximate surface area is 169 Å². The van der Waals surface area contributed by atoms with Crippen molar-refractivity contribution in [3.8, 4) is 0 Å². The van der Waals surface area contributed by atoms with Gasteiger partial charge in [-0.1, -0.05) is 12.6 Å². The zero-order chi connectivity index (χ0) is 22.1. The Morgan fingerprint density at radius 3 is 1.70 bits per heavy atom. The van der Waals surface area contributed by atoms with E-state index in [9.17, 15) is 15.0 Å². The van der Waals surface area contributed by atoms with Gasteiger partial charge in [0.25, 0.3) is 5.97 Å². The van der Waals surface area contributed by atoms with Crippen LogP contribution in [0, 0.1) is 0 Å². The minimum absolute atomic E-state index is 0.176. The van der Waals surface area contributed by atoms with E-state index in [0.29, 0.717) is 6.61 Å². The molecular weight excluding hydrogens is 400 g/mol. The van der Waals surface area contributed by atoms with E-state index >= 15 is 0 Å². The van der Waals surface area contributed by atoms with Gasteiger partial charge >= 0.3 is 5.97 Å². The third-order valence-electron chi connectivity index (χ3n) is 3.00. The third kappa shape index (κ3) is 12.7. The lowest BCUT2D eigenvalue weighted by Gasteiger charge is -2.48. The normalized spacial score (nSPS) is 14.9. The van der Waals surface area contributed by atoms with Crippen LogP contribution in [0.4, 0.5) is 0 Å². The quantitative estimate of drug-likeness (QED) is 0.195. The standard InChI is InChI=1S/C13H34O5Si3.C4H6O2/c1-12(15,11-14)13(16-9-8-10-19,17-20(2,3)4)18-21(5,6)7;1-3(2)4(5)6/h14-15H,8-11H2,1-7,19H3;1H2,2H3,(H,5,6). The summed E-state index contributed by atoms with van der Waals surface area (Å²) in [7, 11) is -3.03. The number of aliphatic hydroxyl groups is 2. The van der Waals surface area contributed by atoms with Gasteiger partial charge in [-0.15, -0.1) is 0 Å². The summed E-state index contributed by atoms with van der Waals surface area (Å²) in [5.41, 5.74) is -1.44. The van der Waals surface area contributed by atoms with E-state index in [0.717, 1.165) is 22.7 Å². The fourth-order valence-corrected chi connectivity index (χ4v) is 4.33. The van der Waals surface area contributed by atoms with E-state index in [1.807, 2.05) is 39.3 Å². The topological polar surface area (TPSA) is 105 Å². The highest BCUT2D eigenvalue weighted by molar-refractivity contribution is 6.71. The number of rotatable bonds is 11. The van der Waals surface area contributed by atoms with Crippen LogP contribution in [0.1, 0.15) is 20.3 Å². The molecule has 10 heteroatoms. The summed E-state index contributed by atoms with van der Waals surface area (Å²) in [6.07, 6.45) is 0.902. The average Bonchev–Trinajstić information content (AvgIpc) is 2.44. The first-order valence-corrected chi connectivity index (χ1v) is 17.4. The molecule has 3 N–H and O–H groups in total. The van der Waals surface area contributed by atoms with Crippen LogP contribution in [0.3, 0.4) is 0 Å². The van der Waals surface area contributed by atoms with Crippen molar-refractivity contribution < 1.29 is 33.7 Å². The Hall–Kier alpha value is -0.339. The van der Waals surface area contributed by atoms with Crippen molar-refractivity contribution in [2.45, 2.75) is 77.2 Å². The van der Waals surface area contributed by atoms with Crippen LogP contribution in [0.5, 0.6) is 0 Å². The fraction of sp³-hybridized carbons (Fsp3) is 0.824. The van der Waals surface area contributed by atoms with Crippen LogP contribution in [-0.2, 0) is 18.4 Å². The Bertz CT molecular complexity index is 440. The lowest BCUT2D eigenvalue weighted by molar-refractivity contribution is -0.388. The number of carboxylic acid groups (broad SMARTS) is 1. The van der Waals surface area contributed by atoms with Gasteiger partial charge in [-0.3, -0.25) is 0 Å². The molecule has 0 aliphatic rings. The summed E-state index contributed by atoms with van der Waals surface area (Å²) < 4.78 is 18.2. The minimum atomic E-state index is -2.07. The van der Waals surface area contributed by atoms with Gasteiger partial charge in [-0.2, -0.15) is 0 Å². The number of hydrogen-bond acceptors (Lipinski definition) is 6. The molecule has 0 fully saturated rings. The molecule has 0 aliphatic heterocycles. The highest BCUT2D eigenvalue weighted by Crippen LogP contribution is 2.35. The number of aliphatic carboxylic acids is 1. The van der Waals surface area contributed by atoms with E-state index in [4.69, 9.17) is 18.7 Å². The summed E-state index contributed by atoms with van der Waals surface area (Å²) in [4.78, 5) is 9.60. The van der Waals surface area contributed by atoms with Gasteiger partial charge in [0.2, 0.25) is 0 Å². The molecule has 7 nitrogen and oxygen atoms in total. The number of carbonyl (C=O) groups is 1.